The number of nitrogens with zero attached hydrogens (tertiary/aromatic N) is 2. The number of H-pyrrole nitrogens is 1. The summed E-state index contributed by atoms with van der Waals surface area (Å²) in [5, 5.41) is 2.97. The lowest BCUT2D eigenvalue weighted by Gasteiger charge is -2.30. The summed E-state index contributed by atoms with van der Waals surface area (Å²) in [6, 6.07) is 9.59. The number of imidazole rings is 1. The number of carbonyl (C=O) groups excluding carboxylic acids is 1. The predicted molar refractivity (Wildman–Crippen MR) is 95.7 cm³/mol. The maximum absolute atomic E-state index is 12.5. The van der Waals surface area contributed by atoms with Crippen LogP contribution in [-0.4, -0.2) is 54.0 Å². The molecule has 0 atom stereocenters. The number of nitrogens with one attached hydrogen (secondary N) is 2. The van der Waals surface area contributed by atoms with Gasteiger partial charge >= 0.3 is 0 Å². The number of amides is 1. The molecule has 2 heterocycles. The predicted octanol–water partition coefficient (Wildman–Crippen LogP) is 1.54. The second kappa shape index (κ2) is 6.97. The van der Waals surface area contributed by atoms with Gasteiger partial charge in [0.1, 0.15) is 11.5 Å². The van der Waals surface area contributed by atoms with Gasteiger partial charge < -0.3 is 10.3 Å². The lowest BCUT2D eigenvalue weighted by atomic mass is 10.1. The molecule has 1 saturated heterocycles. The van der Waals surface area contributed by atoms with Gasteiger partial charge in [-0.2, -0.15) is 0 Å². The molecule has 0 spiro atoms. The Hall–Kier alpha value is -2.19. The minimum atomic E-state index is -3.16. The van der Waals surface area contributed by atoms with E-state index < -0.39 is 10.0 Å². The van der Waals surface area contributed by atoms with Gasteiger partial charge in [0.2, 0.25) is 10.0 Å². The Labute approximate surface area is 147 Å². The minimum absolute atomic E-state index is 0.0400. The summed E-state index contributed by atoms with van der Waals surface area (Å²) in [4.78, 5) is 20.1. The monoisotopic (exact) mass is 362 g/mol. The van der Waals surface area contributed by atoms with Crippen molar-refractivity contribution >= 4 is 15.9 Å². The summed E-state index contributed by atoms with van der Waals surface area (Å²) in [5.74, 6) is 0.434. The molecule has 2 aromatic rings. The first-order valence-corrected chi connectivity index (χ1v) is 10.1. The summed E-state index contributed by atoms with van der Waals surface area (Å²) in [7, 11) is -3.16. The van der Waals surface area contributed by atoms with E-state index >= 15 is 0 Å². The van der Waals surface area contributed by atoms with Gasteiger partial charge in [0, 0.05) is 30.4 Å². The van der Waals surface area contributed by atoms with Crippen molar-refractivity contribution in [3.8, 4) is 11.4 Å². The topological polar surface area (TPSA) is 95.2 Å². The number of hydrogen-bond acceptors (Lipinski definition) is 4. The van der Waals surface area contributed by atoms with Crippen molar-refractivity contribution in [1.29, 1.82) is 0 Å². The first-order chi connectivity index (χ1) is 11.8. The molecule has 1 amide bonds. The summed E-state index contributed by atoms with van der Waals surface area (Å²) in [6.45, 7) is 2.68. The van der Waals surface area contributed by atoms with Crippen LogP contribution in [0.15, 0.2) is 30.3 Å². The fraction of sp³-hybridized carbons (Fsp3) is 0.412. The van der Waals surface area contributed by atoms with Crippen molar-refractivity contribution in [3.63, 3.8) is 0 Å². The molecule has 1 aromatic heterocycles. The van der Waals surface area contributed by atoms with Crippen LogP contribution in [0.1, 0.15) is 29.0 Å². The molecular weight excluding hydrogens is 340 g/mol. The van der Waals surface area contributed by atoms with Gasteiger partial charge in [0.15, 0.2) is 0 Å². The van der Waals surface area contributed by atoms with E-state index in [2.05, 4.69) is 15.3 Å². The smallest absolute Gasteiger partial charge is 0.271 e. The summed E-state index contributed by atoms with van der Waals surface area (Å²) < 4.78 is 24.5. The standard InChI is InChI=1S/C17H22N4O3S/c1-12-15(20-16(18-12)13-6-4-3-5-7-13)17(22)19-14-8-10-21(11-9-14)25(2,23)24/h3-7,14H,8-11H2,1-2H3,(H,18,20)(H,19,22). The zero-order chi connectivity index (χ0) is 18.0. The van der Waals surface area contributed by atoms with Crippen molar-refractivity contribution in [1.82, 2.24) is 19.6 Å². The van der Waals surface area contributed by atoms with Gasteiger partial charge in [-0.1, -0.05) is 30.3 Å². The van der Waals surface area contributed by atoms with E-state index in [1.807, 2.05) is 37.3 Å². The lowest BCUT2D eigenvalue weighted by Crippen LogP contribution is -2.46. The highest BCUT2D eigenvalue weighted by Gasteiger charge is 2.27. The van der Waals surface area contributed by atoms with Crippen LogP contribution in [0.3, 0.4) is 0 Å². The van der Waals surface area contributed by atoms with E-state index in [0.717, 1.165) is 5.56 Å². The van der Waals surface area contributed by atoms with E-state index in [0.29, 0.717) is 43.1 Å². The maximum Gasteiger partial charge on any atom is 0.271 e. The minimum Gasteiger partial charge on any atom is -0.348 e. The van der Waals surface area contributed by atoms with Gasteiger partial charge in [0.25, 0.3) is 5.91 Å². The van der Waals surface area contributed by atoms with Crippen LogP contribution in [0.5, 0.6) is 0 Å². The van der Waals surface area contributed by atoms with Gasteiger partial charge in [0.05, 0.1) is 6.26 Å². The van der Waals surface area contributed by atoms with Crippen LogP contribution in [0.25, 0.3) is 11.4 Å². The molecule has 0 radical (unpaired) electrons. The third-order valence-electron chi connectivity index (χ3n) is 4.41. The van der Waals surface area contributed by atoms with E-state index in [1.54, 1.807) is 0 Å². The number of hydrogen-bond donors (Lipinski definition) is 2. The van der Waals surface area contributed by atoms with Gasteiger partial charge in [-0.25, -0.2) is 17.7 Å². The van der Waals surface area contributed by atoms with E-state index in [1.165, 1.54) is 10.6 Å². The van der Waals surface area contributed by atoms with Crippen LogP contribution < -0.4 is 5.32 Å². The highest BCUT2D eigenvalue weighted by molar-refractivity contribution is 7.88. The maximum atomic E-state index is 12.5. The zero-order valence-electron chi connectivity index (χ0n) is 14.3. The molecule has 1 aromatic carbocycles. The molecular formula is C17H22N4O3S. The fourth-order valence-corrected chi connectivity index (χ4v) is 3.87. The molecule has 8 heteroatoms. The molecule has 1 aliphatic rings. The Kier molecular flexibility index (Phi) is 4.91. The number of piperidine rings is 1. The van der Waals surface area contributed by atoms with Crippen molar-refractivity contribution in [2.45, 2.75) is 25.8 Å². The molecule has 1 fully saturated rings. The van der Waals surface area contributed by atoms with Crippen LogP contribution in [0.4, 0.5) is 0 Å². The molecule has 0 bridgehead atoms. The average Bonchev–Trinajstić information content (AvgIpc) is 2.97. The van der Waals surface area contributed by atoms with Crippen LogP contribution in [0, 0.1) is 6.92 Å². The average molecular weight is 362 g/mol. The molecule has 134 valence electrons. The Balaban J connectivity index is 1.66. The Bertz CT molecular complexity index is 853. The zero-order valence-corrected chi connectivity index (χ0v) is 15.1. The Morgan fingerprint density at radius 1 is 1.24 bits per heavy atom. The molecule has 7 nitrogen and oxygen atoms in total. The van der Waals surface area contributed by atoms with Crippen LogP contribution in [-0.2, 0) is 10.0 Å². The molecule has 0 unspecified atom stereocenters. The van der Waals surface area contributed by atoms with Gasteiger partial charge in [-0.15, -0.1) is 0 Å². The van der Waals surface area contributed by atoms with E-state index in [9.17, 15) is 13.2 Å². The van der Waals surface area contributed by atoms with E-state index in [-0.39, 0.29) is 11.9 Å². The van der Waals surface area contributed by atoms with E-state index in [4.69, 9.17) is 0 Å². The quantitative estimate of drug-likeness (QED) is 0.862. The number of sulfonamides is 1. The van der Waals surface area contributed by atoms with Gasteiger partial charge in [-0.05, 0) is 19.8 Å². The third kappa shape index (κ3) is 4.08. The number of aromatic nitrogens is 2. The molecule has 3 rings (SSSR count). The second-order valence-electron chi connectivity index (χ2n) is 6.33. The molecule has 2 N–H and O–H groups in total. The van der Waals surface area contributed by atoms with Crippen molar-refractivity contribution in [2.75, 3.05) is 19.3 Å². The SMILES string of the molecule is Cc1[nH]c(-c2ccccc2)nc1C(=O)NC1CCN(S(C)(=O)=O)CC1. The summed E-state index contributed by atoms with van der Waals surface area (Å²) >= 11 is 0. The lowest BCUT2D eigenvalue weighted by molar-refractivity contribution is 0.0918. The largest absolute Gasteiger partial charge is 0.348 e. The highest BCUT2D eigenvalue weighted by atomic mass is 32.2. The fourth-order valence-electron chi connectivity index (χ4n) is 3.00. The normalized spacial score (nSPS) is 16.7. The number of aryl methyl sites for hydroxylation is 1. The molecule has 0 saturated carbocycles. The Morgan fingerprint density at radius 3 is 2.48 bits per heavy atom. The van der Waals surface area contributed by atoms with Crippen molar-refractivity contribution in [2.24, 2.45) is 0 Å². The first kappa shape index (κ1) is 17.6. The number of rotatable bonds is 4. The molecule has 1 aliphatic heterocycles. The van der Waals surface area contributed by atoms with Crippen molar-refractivity contribution in [3.05, 3.63) is 41.7 Å². The molecule has 0 aliphatic carbocycles. The van der Waals surface area contributed by atoms with Crippen molar-refractivity contribution < 1.29 is 13.2 Å². The third-order valence-corrected chi connectivity index (χ3v) is 5.71. The number of carbonyl (C=O) groups is 1. The molecule has 25 heavy (non-hydrogen) atoms. The second-order valence-corrected chi connectivity index (χ2v) is 8.32. The van der Waals surface area contributed by atoms with Gasteiger partial charge in [-0.3, -0.25) is 4.79 Å². The number of aromatic amines is 1. The highest BCUT2D eigenvalue weighted by Crippen LogP contribution is 2.18. The summed E-state index contributed by atoms with van der Waals surface area (Å²) in [5.41, 5.74) is 2.01. The van der Waals surface area contributed by atoms with Crippen LogP contribution >= 0.6 is 0 Å². The Morgan fingerprint density at radius 2 is 1.88 bits per heavy atom. The van der Waals surface area contributed by atoms with Crippen LogP contribution in [0.2, 0.25) is 0 Å². The summed E-state index contributed by atoms with van der Waals surface area (Å²) in [6.07, 6.45) is 2.42. The number of benzene rings is 1. The first-order valence-electron chi connectivity index (χ1n) is 8.22.